The third kappa shape index (κ3) is 2.25. The van der Waals surface area contributed by atoms with Crippen molar-refractivity contribution < 1.29 is 18.7 Å². The predicted octanol–water partition coefficient (Wildman–Crippen LogP) is 2.55. The maximum atomic E-state index is 11.2. The Morgan fingerprint density at radius 1 is 1.18 bits per heavy atom. The summed E-state index contributed by atoms with van der Waals surface area (Å²) in [6, 6.07) is 10.1. The quantitative estimate of drug-likeness (QED) is 0.600. The summed E-state index contributed by atoms with van der Waals surface area (Å²) in [6.45, 7) is 0. The van der Waals surface area contributed by atoms with Crippen LogP contribution < -0.4 is 0 Å². The van der Waals surface area contributed by atoms with Gasteiger partial charge in [-0.05, 0) is 12.1 Å². The van der Waals surface area contributed by atoms with Gasteiger partial charge in [-0.1, -0.05) is 24.3 Å². The largest absolute Gasteiger partial charge is 0.463 e. The molecule has 0 amide bonds. The Morgan fingerprint density at radius 2 is 1.88 bits per heavy atom. The SMILES string of the molecule is COC(=O)c1ccc(-c2ccc(C=O)cc2)o1. The molecular formula is C13H10O4. The molecular weight excluding hydrogens is 220 g/mol. The van der Waals surface area contributed by atoms with Crippen LogP contribution in [-0.4, -0.2) is 19.4 Å². The van der Waals surface area contributed by atoms with Crippen LogP contribution in [0.2, 0.25) is 0 Å². The Kier molecular flexibility index (Phi) is 3.05. The molecule has 2 aromatic rings. The van der Waals surface area contributed by atoms with Gasteiger partial charge in [0, 0.05) is 11.1 Å². The molecule has 0 radical (unpaired) electrons. The van der Waals surface area contributed by atoms with Gasteiger partial charge in [0.2, 0.25) is 5.76 Å². The minimum atomic E-state index is -0.513. The van der Waals surface area contributed by atoms with Gasteiger partial charge < -0.3 is 9.15 Å². The van der Waals surface area contributed by atoms with Crippen molar-refractivity contribution in [1.29, 1.82) is 0 Å². The second kappa shape index (κ2) is 4.65. The molecule has 1 aromatic heterocycles. The number of benzene rings is 1. The summed E-state index contributed by atoms with van der Waals surface area (Å²) in [5, 5.41) is 0. The highest BCUT2D eigenvalue weighted by Gasteiger charge is 2.11. The third-order valence-electron chi connectivity index (χ3n) is 2.32. The van der Waals surface area contributed by atoms with Crippen molar-refractivity contribution in [3.63, 3.8) is 0 Å². The van der Waals surface area contributed by atoms with Crippen LogP contribution in [0, 0.1) is 0 Å². The maximum absolute atomic E-state index is 11.2. The van der Waals surface area contributed by atoms with E-state index in [2.05, 4.69) is 4.74 Å². The zero-order valence-electron chi connectivity index (χ0n) is 9.17. The molecule has 0 saturated carbocycles. The fourth-order valence-electron chi connectivity index (χ4n) is 1.43. The molecule has 0 saturated heterocycles. The van der Waals surface area contributed by atoms with Gasteiger partial charge in [-0.15, -0.1) is 0 Å². The molecule has 0 aliphatic rings. The van der Waals surface area contributed by atoms with Crippen molar-refractivity contribution in [2.75, 3.05) is 7.11 Å². The van der Waals surface area contributed by atoms with E-state index in [1.165, 1.54) is 7.11 Å². The molecule has 2 rings (SSSR count). The number of carbonyl (C=O) groups excluding carboxylic acids is 2. The van der Waals surface area contributed by atoms with Gasteiger partial charge in [-0.2, -0.15) is 0 Å². The third-order valence-corrected chi connectivity index (χ3v) is 2.32. The van der Waals surface area contributed by atoms with E-state index >= 15 is 0 Å². The maximum Gasteiger partial charge on any atom is 0.373 e. The molecule has 0 atom stereocenters. The van der Waals surface area contributed by atoms with Crippen LogP contribution in [0.5, 0.6) is 0 Å². The zero-order valence-corrected chi connectivity index (χ0v) is 9.17. The number of furan rings is 1. The fourth-order valence-corrected chi connectivity index (χ4v) is 1.43. The summed E-state index contributed by atoms with van der Waals surface area (Å²) in [5.74, 6) is 0.200. The summed E-state index contributed by atoms with van der Waals surface area (Å²) in [5.41, 5.74) is 1.39. The molecule has 0 aliphatic carbocycles. The molecule has 0 unspecified atom stereocenters. The van der Waals surface area contributed by atoms with Gasteiger partial charge in [-0.25, -0.2) is 4.79 Å². The van der Waals surface area contributed by atoms with E-state index in [1.54, 1.807) is 36.4 Å². The first kappa shape index (κ1) is 11.1. The molecule has 1 heterocycles. The van der Waals surface area contributed by atoms with E-state index in [0.717, 1.165) is 11.8 Å². The van der Waals surface area contributed by atoms with E-state index in [4.69, 9.17) is 4.42 Å². The van der Waals surface area contributed by atoms with E-state index in [0.29, 0.717) is 11.3 Å². The number of hydrogen-bond acceptors (Lipinski definition) is 4. The van der Waals surface area contributed by atoms with Crippen LogP contribution in [-0.2, 0) is 4.74 Å². The van der Waals surface area contributed by atoms with Crippen LogP contribution >= 0.6 is 0 Å². The van der Waals surface area contributed by atoms with Crippen molar-refractivity contribution in [2.45, 2.75) is 0 Å². The van der Waals surface area contributed by atoms with Gasteiger partial charge in [0.25, 0.3) is 0 Å². The Bertz CT molecular complexity index is 537. The lowest BCUT2D eigenvalue weighted by molar-refractivity contribution is 0.0566. The van der Waals surface area contributed by atoms with E-state index < -0.39 is 5.97 Å². The van der Waals surface area contributed by atoms with E-state index in [9.17, 15) is 9.59 Å². The van der Waals surface area contributed by atoms with E-state index in [1.807, 2.05) is 0 Å². The minimum Gasteiger partial charge on any atom is -0.463 e. The first-order valence-electron chi connectivity index (χ1n) is 4.98. The monoisotopic (exact) mass is 230 g/mol. The van der Waals surface area contributed by atoms with Crippen LogP contribution in [0.15, 0.2) is 40.8 Å². The molecule has 0 bridgehead atoms. The average Bonchev–Trinajstić information content (AvgIpc) is 2.87. The van der Waals surface area contributed by atoms with Gasteiger partial charge in [0.1, 0.15) is 12.0 Å². The molecule has 17 heavy (non-hydrogen) atoms. The summed E-state index contributed by atoms with van der Waals surface area (Å²) < 4.78 is 9.88. The summed E-state index contributed by atoms with van der Waals surface area (Å²) in [6.07, 6.45) is 0.770. The number of methoxy groups -OCH3 is 1. The second-order valence-electron chi connectivity index (χ2n) is 3.40. The smallest absolute Gasteiger partial charge is 0.373 e. The van der Waals surface area contributed by atoms with Gasteiger partial charge >= 0.3 is 5.97 Å². The highest BCUT2D eigenvalue weighted by molar-refractivity contribution is 5.87. The highest BCUT2D eigenvalue weighted by Crippen LogP contribution is 2.22. The van der Waals surface area contributed by atoms with Crippen molar-refractivity contribution in [2.24, 2.45) is 0 Å². The number of esters is 1. The first-order chi connectivity index (χ1) is 8.24. The number of carbonyl (C=O) groups is 2. The van der Waals surface area contributed by atoms with Crippen LogP contribution in [0.3, 0.4) is 0 Å². The lowest BCUT2D eigenvalue weighted by atomic mass is 10.1. The molecule has 4 heteroatoms. The van der Waals surface area contributed by atoms with Crippen molar-refractivity contribution >= 4 is 12.3 Å². The molecule has 0 aliphatic heterocycles. The number of hydrogen-bond donors (Lipinski definition) is 0. The lowest BCUT2D eigenvalue weighted by Gasteiger charge is -1.97. The van der Waals surface area contributed by atoms with Gasteiger partial charge in [-0.3, -0.25) is 4.79 Å². The molecule has 1 aromatic carbocycles. The molecule has 0 fully saturated rings. The highest BCUT2D eigenvalue weighted by atomic mass is 16.5. The molecule has 86 valence electrons. The lowest BCUT2D eigenvalue weighted by Crippen LogP contribution is -1.98. The first-order valence-corrected chi connectivity index (χ1v) is 4.98. The summed E-state index contributed by atoms with van der Waals surface area (Å²) in [7, 11) is 1.30. The predicted molar refractivity (Wildman–Crippen MR) is 60.9 cm³/mol. The Balaban J connectivity index is 2.30. The Hall–Kier alpha value is -2.36. The van der Waals surface area contributed by atoms with Crippen molar-refractivity contribution in [3.05, 3.63) is 47.7 Å². The van der Waals surface area contributed by atoms with Crippen LogP contribution in [0.25, 0.3) is 11.3 Å². The van der Waals surface area contributed by atoms with Crippen LogP contribution in [0.1, 0.15) is 20.9 Å². The van der Waals surface area contributed by atoms with Gasteiger partial charge in [0.15, 0.2) is 0 Å². The molecule has 0 spiro atoms. The number of rotatable bonds is 3. The normalized spacial score (nSPS) is 9.94. The topological polar surface area (TPSA) is 56.5 Å². The minimum absolute atomic E-state index is 0.155. The fraction of sp³-hybridized carbons (Fsp3) is 0.0769. The number of aldehydes is 1. The summed E-state index contributed by atoms with van der Waals surface area (Å²) in [4.78, 5) is 21.7. The second-order valence-corrected chi connectivity index (χ2v) is 3.40. The molecule has 4 nitrogen and oxygen atoms in total. The Morgan fingerprint density at radius 3 is 2.47 bits per heavy atom. The number of ether oxygens (including phenoxy) is 1. The zero-order chi connectivity index (χ0) is 12.3. The van der Waals surface area contributed by atoms with Gasteiger partial charge in [0.05, 0.1) is 7.11 Å². The van der Waals surface area contributed by atoms with E-state index in [-0.39, 0.29) is 5.76 Å². The standard InChI is InChI=1S/C13H10O4/c1-16-13(15)12-7-6-11(17-12)10-4-2-9(8-14)3-5-10/h2-8H,1H3. The average molecular weight is 230 g/mol. The molecule has 0 N–H and O–H groups in total. The Labute approximate surface area is 97.8 Å². The van der Waals surface area contributed by atoms with Crippen molar-refractivity contribution in [1.82, 2.24) is 0 Å². The van der Waals surface area contributed by atoms with Crippen LogP contribution in [0.4, 0.5) is 0 Å². The van der Waals surface area contributed by atoms with Crippen molar-refractivity contribution in [3.8, 4) is 11.3 Å². The summed E-state index contributed by atoms with van der Waals surface area (Å²) >= 11 is 0.